The van der Waals surface area contributed by atoms with Crippen molar-refractivity contribution in [3.05, 3.63) is 47.1 Å². The van der Waals surface area contributed by atoms with Gasteiger partial charge >= 0.3 is 11.8 Å². The molecule has 1 unspecified atom stereocenters. The highest BCUT2D eigenvalue weighted by atomic mass is 19.1. The molecule has 1 aromatic rings. The Labute approximate surface area is 230 Å². The van der Waals surface area contributed by atoms with Crippen LogP contribution in [-0.4, -0.2) is 52.0 Å². The zero-order chi connectivity index (χ0) is 29.4. The number of halogens is 1. The molecule has 0 amide bonds. The van der Waals surface area contributed by atoms with Crippen LogP contribution in [0.4, 0.5) is 10.1 Å². The second-order valence-corrected chi connectivity index (χ2v) is 10.8. The Hall–Kier alpha value is -3.08. The molecule has 1 aliphatic carbocycles. The monoisotopic (exact) mass is 547 g/mol. The smallest absolute Gasteiger partial charge is 0.338 e. The molecule has 1 saturated carbocycles. The van der Waals surface area contributed by atoms with Crippen molar-refractivity contribution in [1.29, 1.82) is 0 Å². The van der Waals surface area contributed by atoms with Crippen molar-refractivity contribution in [1.82, 2.24) is 0 Å². The maximum absolute atomic E-state index is 14.4. The Morgan fingerprint density at radius 3 is 2.41 bits per heavy atom. The maximum atomic E-state index is 14.4. The molecule has 39 heavy (non-hydrogen) atoms. The summed E-state index contributed by atoms with van der Waals surface area (Å²) in [7, 11) is 1.26. The van der Waals surface area contributed by atoms with E-state index >= 15 is 0 Å². The topological polar surface area (TPSA) is 124 Å². The van der Waals surface area contributed by atoms with Gasteiger partial charge in [0.2, 0.25) is 0 Å². The van der Waals surface area contributed by atoms with Gasteiger partial charge in [0.1, 0.15) is 17.3 Å². The van der Waals surface area contributed by atoms with E-state index in [0.717, 1.165) is 43.5 Å². The number of carboxylic acids is 1. The number of aliphatic imine (C=N–C) groups is 2. The molecule has 1 aromatic carbocycles. The van der Waals surface area contributed by atoms with Gasteiger partial charge in [-0.05, 0) is 69.3 Å². The van der Waals surface area contributed by atoms with Crippen LogP contribution in [0.25, 0.3) is 0 Å². The molecule has 0 radical (unpaired) electrons. The van der Waals surface area contributed by atoms with Gasteiger partial charge in [-0.1, -0.05) is 33.8 Å². The number of hydrogen-bond acceptors (Lipinski definition) is 7. The van der Waals surface area contributed by atoms with E-state index in [4.69, 9.17) is 9.73 Å². The number of quaternary nitrogens is 1. The number of methoxy groups -OCH3 is 1. The summed E-state index contributed by atoms with van der Waals surface area (Å²) in [6, 6.07) is 1.79. The lowest BCUT2D eigenvalue weighted by Crippen LogP contribution is -2.45. The summed E-state index contributed by atoms with van der Waals surface area (Å²) in [6.45, 7) is 12.8. The van der Waals surface area contributed by atoms with E-state index < -0.39 is 22.3 Å². The zero-order valence-electron chi connectivity index (χ0n) is 24.2. The summed E-state index contributed by atoms with van der Waals surface area (Å²) in [5.74, 6) is -2.30. The minimum Gasteiger partial charge on any atom is -0.494 e. The molecule has 1 aliphatic rings. The van der Waals surface area contributed by atoms with Crippen LogP contribution < -0.4 is 10.2 Å². The maximum Gasteiger partial charge on any atom is 0.338 e. The molecular formula is C29H44FN4O5+. The van der Waals surface area contributed by atoms with E-state index in [0.29, 0.717) is 17.0 Å². The normalized spacial score (nSPS) is 18.4. The quantitative estimate of drug-likeness (QED) is 0.126. The molecule has 216 valence electrons. The van der Waals surface area contributed by atoms with Gasteiger partial charge in [0, 0.05) is 30.5 Å². The highest BCUT2D eigenvalue weighted by Crippen LogP contribution is 2.38. The summed E-state index contributed by atoms with van der Waals surface area (Å²) in [4.78, 5) is 18.7. The lowest BCUT2D eigenvalue weighted by Gasteiger charge is -2.33. The van der Waals surface area contributed by atoms with E-state index in [-0.39, 0.29) is 23.2 Å². The highest BCUT2D eigenvalue weighted by molar-refractivity contribution is 6.17. The molecule has 2 rings (SSSR count). The molecular weight excluding hydrogens is 503 g/mol. The molecule has 9 nitrogen and oxygen atoms in total. The molecule has 0 aromatic heterocycles. The predicted molar refractivity (Wildman–Crippen MR) is 151 cm³/mol. The molecule has 0 spiro atoms. The van der Waals surface area contributed by atoms with Gasteiger partial charge in [0.25, 0.3) is 0 Å². The number of rotatable bonds is 12. The SMILES string of the molecule is C/C=C(C=NCC1CCC(C)(C)CC1)/C(=N/C(=C\C)[N+](O)(O)Nc1cc(F)c(C(=O)O)cc1OC)C(C)CC. The first-order valence-corrected chi connectivity index (χ1v) is 13.4. The molecule has 1 atom stereocenters. The second kappa shape index (κ2) is 13.8. The van der Waals surface area contributed by atoms with Gasteiger partial charge in [-0.25, -0.2) is 9.18 Å². The van der Waals surface area contributed by atoms with Crippen LogP contribution in [0.3, 0.4) is 0 Å². The Morgan fingerprint density at radius 1 is 1.26 bits per heavy atom. The Balaban J connectivity index is 2.34. The second-order valence-electron chi connectivity index (χ2n) is 10.8. The van der Waals surface area contributed by atoms with Gasteiger partial charge in [0.15, 0.2) is 0 Å². The van der Waals surface area contributed by atoms with E-state index in [9.17, 15) is 24.7 Å². The van der Waals surface area contributed by atoms with Crippen LogP contribution in [0, 0.1) is 23.1 Å². The van der Waals surface area contributed by atoms with Crippen molar-refractivity contribution < 1.29 is 34.4 Å². The van der Waals surface area contributed by atoms with E-state index in [1.165, 1.54) is 26.0 Å². The van der Waals surface area contributed by atoms with Crippen molar-refractivity contribution in [2.24, 2.45) is 27.2 Å². The third-order valence-electron chi connectivity index (χ3n) is 7.35. The minimum absolute atomic E-state index is 0.0325. The largest absolute Gasteiger partial charge is 0.494 e. The van der Waals surface area contributed by atoms with E-state index in [2.05, 4.69) is 24.3 Å². The van der Waals surface area contributed by atoms with Crippen LogP contribution in [0.15, 0.2) is 45.7 Å². The fourth-order valence-electron chi connectivity index (χ4n) is 4.52. The van der Waals surface area contributed by atoms with E-state index in [1.54, 1.807) is 13.1 Å². The summed E-state index contributed by atoms with van der Waals surface area (Å²) in [6.07, 6.45) is 10.6. The zero-order valence-corrected chi connectivity index (χ0v) is 24.2. The number of benzene rings is 1. The average Bonchev–Trinajstić information content (AvgIpc) is 2.87. The summed E-state index contributed by atoms with van der Waals surface area (Å²) < 4.78 is 19.5. The van der Waals surface area contributed by atoms with Crippen molar-refractivity contribution in [2.75, 3.05) is 19.1 Å². The standard InChI is InChI=1S/C29H43FN4O5/c1-8-19(4)27(21(9-2)18-31-17-20-11-13-29(5,6)14-12-20)32-26(10-3)34(37,38)33-24-16-23(30)22(28(35)36)15-25(24)39-7/h9-10,15-16,18-20,33,37-38H,8,11-14,17H2,1-7H3/p+1/b21-9+,26-10+,31-18?,32-27+. The van der Waals surface area contributed by atoms with Crippen molar-refractivity contribution >= 4 is 23.6 Å². The first-order valence-electron chi connectivity index (χ1n) is 13.4. The summed E-state index contributed by atoms with van der Waals surface area (Å²) >= 11 is 0. The molecule has 0 aliphatic heterocycles. The first-order chi connectivity index (χ1) is 18.3. The summed E-state index contributed by atoms with van der Waals surface area (Å²) in [5.41, 5.74) is 3.38. The molecule has 4 N–H and O–H groups in total. The van der Waals surface area contributed by atoms with Gasteiger partial charge in [-0.15, -0.1) is 10.4 Å². The van der Waals surface area contributed by atoms with Gasteiger partial charge in [0.05, 0.1) is 23.3 Å². The number of allylic oxidation sites excluding steroid dienone is 3. The first kappa shape index (κ1) is 32.1. The lowest BCUT2D eigenvalue weighted by molar-refractivity contribution is -1.20. The van der Waals surface area contributed by atoms with Crippen LogP contribution in [0.1, 0.15) is 84.0 Å². The highest BCUT2D eigenvalue weighted by Gasteiger charge is 2.34. The molecule has 0 saturated heterocycles. The van der Waals surface area contributed by atoms with Crippen molar-refractivity contribution in [3.63, 3.8) is 0 Å². The molecule has 10 heteroatoms. The number of carboxylic acid groups (broad SMARTS) is 1. The van der Waals surface area contributed by atoms with Crippen LogP contribution >= 0.6 is 0 Å². The van der Waals surface area contributed by atoms with Gasteiger partial charge < -0.3 is 9.84 Å². The Morgan fingerprint density at radius 2 is 1.90 bits per heavy atom. The predicted octanol–water partition coefficient (Wildman–Crippen LogP) is 7.04. The number of anilines is 1. The number of hydroxylamine groups is 2. The van der Waals surface area contributed by atoms with Crippen molar-refractivity contribution in [3.8, 4) is 5.75 Å². The van der Waals surface area contributed by atoms with Crippen LogP contribution in [0.5, 0.6) is 5.75 Å². The number of nitrogens with zero attached hydrogens (tertiary/aromatic N) is 3. The van der Waals surface area contributed by atoms with Gasteiger partial charge in [-0.2, -0.15) is 10.4 Å². The average molecular weight is 548 g/mol. The van der Waals surface area contributed by atoms with Crippen LogP contribution in [0.2, 0.25) is 0 Å². The number of aromatic carboxylic acids is 1. The number of hydrogen-bond donors (Lipinski definition) is 4. The Bertz CT molecular complexity index is 1130. The number of nitrogens with one attached hydrogen (secondary N) is 1. The third-order valence-corrected chi connectivity index (χ3v) is 7.35. The van der Waals surface area contributed by atoms with Crippen molar-refractivity contribution in [2.45, 2.75) is 73.6 Å². The lowest BCUT2D eigenvalue weighted by atomic mass is 9.73. The molecule has 1 fully saturated rings. The third kappa shape index (κ3) is 8.71. The van der Waals surface area contributed by atoms with Crippen LogP contribution in [-0.2, 0) is 0 Å². The number of carbonyl (C=O) groups is 1. The molecule has 0 bridgehead atoms. The van der Waals surface area contributed by atoms with Gasteiger partial charge in [-0.3, -0.25) is 4.99 Å². The minimum atomic E-state index is -1.93. The summed E-state index contributed by atoms with van der Waals surface area (Å²) in [5, 5.41) is 31.0. The van der Waals surface area contributed by atoms with E-state index in [1.807, 2.05) is 26.8 Å². The Kier molecular flexibility index (Phi) is 11.4. The fraction of sp³-hybridized carbons (Fsp3) is 0.552. The number of ether oxygens (including phenoxy) is 1. The molecule has 0 heterocycles. The fourth-order valence-corrected chi connectivity index (χ4v) is 4.52.